The van der Waals surface area contributed by atoms with Crippen LogP contribution in [0, 0.1) is 0 Å². The van der Waals surface area contributed by atoms with Gasteiger partial charge in [0.15, 0.2) is 0 Å². The van der Waals surface area contributed by atoms with Crippen molar-refractivity contribution in [3.63, 3.8) is 0 Å². The predicted molar refractivity (Wildman–Crippen MR) is 114 cm³/mol. The molecule has 2 heterocycles. The lowest BCUT2D eigenvalue weighted by Gasteiger charge is -2.26. The zero-order chi connectivity index (χ0) is 21.4. The first kappa shape index (κ1) is 19.6. The SMILES string of the molecule is NC(=O)Cn1cc(C=C2C(=O)NC(=O)N(c3cccc(Br)c3)C2=O)c2ccccc21. The maximum atomic E-state index is 13.1. The van der Waals surface area contributed by atoms with Gasteiger partial charge in [0.05, 0.1) is 5.69 Å². The van der Waals surface area contributed by atoms with Crippen LogP contribution in [-0.4, -0.2) is 28.3 Å². The van der Waals surface area contributed by atoms with Crippen molar-refractivity contribution in [2.45, 2.75) is 6.54 Å². The van der Waals surface area contributed by atoms with Crippen molar-refractivity contribution >= 4 is 62.3 Å². The number of carbonyl (C=O) groups is 4. The van der Waals surface area contributed by atoms with E-state index in [0.717, 1.165) is 15.8 Å². The van der Waals surface area contributed by atoms with Crippen LogP contribution >= 0.6 is 15.9 Å². The molecule has 150 valence electrons. The van der Waals surface area contributed by atoms with E-state index in [1.165, 1.54) is 6.08 Å². The Morgan fingerprint density at radius 1 is 1.10 bits per heavy atom. The van der Waals surface area contributed by atoms with Crippen LogP contribution in [0.4, 0.5) is 10.5 Å². The number of fused-ring (bicyclic) bond motifs is 1. The summed E-state index contributed by atoms with van der Waals surface area (Å²) in [5.41, 5.74) is 6.72. The lowest BCUT2D eigenvalue weighted by molar-refractivity contribution is -0.122. The highest BCUT2D eigenvalue weighted by Gasteiger charge is 2.37. The minimum Gasteiger partial charge on any atom is -0.368 e. The number of aromatic nitrogens is 1. The third kappa shape index (κ3) is 3.50. The van der Waals surface area contributed by atoms with Gasteiger partial charge in [-0.25, -0.2) is 9.69 Å². The van der Waals surface area contributed by atoms with Crippen LogP contribution in [0.25, 0.3) is 17.0 Å². The number of rotatable bonds is 4. The number of benzene rings is 2. The van der Waals surface area contributed by atoms with Gasteiger partial charge >= 0.3 is 6.03 Å². The fourth-order valence-electron chi connectivity index (χ4n) is 3.35. The number of hydrogen-bond donors (Lipinski definition) is 2. The van der Waals surface area contributed by atoms with Crippen molar-refractivity contribution in [1.82, 2.24) is 9.88 Å². The third-order valence-corrected chi connectivity index (χ3v) is 5.11. The van der Waals surface area contributed by atoms with Gasteiger partial charge < -0.3 is 10.3 Å². The van der Waals surface area contributed by atoms with E-state index in [1.807, 2.05) is 12.1 Å². The molecule has 0 spiro atoms. The number of primary amides is 1. The van der Waals surface area contributed by atoms with E-state index in [0.29, 0.717) is 15.7 Å². The molecular weight excluding hydrogens is 452 g/mol. The van der Waals surface area contributed by atoms with E-state index < -0.39 is 23.8 Å². The molecule has 0 saturated carbocycles. The van der Waals surface area contributed by atoms with Crippen molar-refractivity contribution in [3.05, 3.63) is 70.3 Å². The normalized spacial score (nSPS) is 15.7. The molecule has 5 amide bonds. The molecule has 0 unspecified atom stereocenters. The molecule has 1 fully saturated rings. The molecule has 3 aromatic rings. The first-order chi connectivity index (χ1) is 14.3. The Balaban J connectivity index is 1.81. The number of halogens is 1. The second kappa shape index (κ2) is 7.60. The summed E-state index contributed by atoms with van der Waals surface area (Å²) in [5.74, 6) is -2.05. The topological polar surface area (TPSA) is 114 Å². The summed E-state index contributed by atoms with van der Waals surface area (Å²) >= 11 is 3.31. The Labute approximate surface area is 179 Å². The predicted octanol–water partition coefficient (Wildman–Crippen LogP) is 2.56. The minimum atomic E-state index is -0.823. The Morgan fingerprint density at radius 3 is 2.60 bits per heavy atom. The molecule has 3 N–H and O–H groups in total. The van der Waals surface area contributed by atoms with Gasteiger partial charge in [0.2, 0.25) is 5.91 Å². The molecule has 4 rings (SSSR count). The Morgan fingerprint density at radius 2 is 1.87 bits per heavy atom. The largest absolute Gasteiger partial charge is 0.368 e. The van der Waals surface area contributed by atoms with Crippen molar-refractivity contribution < 1.29 is 19.2 Å². The van der Waals surface area contributed by atoms with Gasteiger partial charge in [-0.15, -0.1) is 0 Å². The van der Waals surface area contributed by atoms with Gasteiger partial charge in [-0.3, -0.25) is 19.7 Å². The number of nitrogens with zero attached hydrogens (tertiary/aromatic N) is 2. The highest BCUT2D eigenvalue weighted by molar-refractivity contribution is 9.10. The fourth-order valence-corrected chi connectivity index (χ4v) is 3.74. The minimum absolute atomic E-state index is 0.0491. The van der Waals surface area contributed by atoms with Gasteiger partial charge in [0.1, 0.15) is 12.1 Å². The quantitative estimate of drug-likeness (QED) is 0.454. The molecule has 0 aliphatic carbocycles. The lowest BCUT2D eigenvalue weighted by atomic mass is 10.1. The molecule has 9 heteroatoms. The van der Waals surface area contributed by atoms with Crippen LogP contribution in [0.5, 0.6) is 0 Å². The number of amides is 5. The summed E-state index contributed by atoms with van der Waals surface area (Å²) in [6.07, 6.45) is 3.05. The molecule has 1 aromatic heterocycles. The number of para-hydroxylation sites is 1. The van der Waals surface area contributed by atoms with E-state index in [9.17, 15) is 19.2 Å². The average Bonchev–Trinajstić information content (AvgIpc) is 3.02. The Bertz CT molecular complexity index is 1260. The van der Waals surface area contributed by atoms with Gasteiger partial charge in [-0.2, -0.15) is 0 Å². The highest BCUT2D eigenvalue weighted by atomic mass is 79.9. The summed E-state index contributed by atoms with van der Waals surface area (Å²) in [5, 5.41) is 2.93. The molecule has 1 aliphatic heterocycles. The molecule has 2 aromatic carbocycles. The van der Waals surface area contributed by atoms with Crippen LogP contribution in [0.2, 0.25) is 0 Å². The zero-order valence-corrected chi connectivity index (χ0v) is 17.0. The van der Waals surface area contributed by atoms with Crippen LogP contribution in [0.1, 0.15) is 5.56 Å². The molecule has 1 saturated heterocycles. The fraction of sp³-hybridized carbons (Fsp3) is 0.0476. The highest BCUT2D eigenvalue weighted by Crippen LogP contribution is 2.27. The summed E-state index contributed by atoms with van der Waals surface area (Å²) in [6, 6.07) is 13.0. The third-order valence-electron chi connectivity index (χ3n) is 4.61. The van der Waals surface area contributed by atoms with E-state index in [2.05, 4.69) is 21.2 Å². The van der Waals surface area contributed by atoms with Crippen LogP contribution < -0.4 is 16.0 Å². The zero-order valence-electron chi connectivity index (χ0n) is 15.5. The summed E-state index contributed by atoms with van der Waals surface area (Å²) in [7, 11) is 0. The van der Waals surface area contributed by atoms with E-state index >= 15 is 0 Å². The van der Waals surface area contributed by atoms with Gasteiger partial charge in [0.25, 0.3) is 11.8 Å². The van der Waals surface area contributed by atoms with Crippen molar-refractivity contribution in [2.24, 2.45) is 5.73 Å². The number of barbiturate groups is 1. The summed E-state index contributed by atoms with van der Waals surface area (Å²) in [4.78, 5) is 50.1. The number of urea groups is 1. The van der Waals surface area contributed by atoms with E-state index in [-0.39, 0.29) is 12.1 Å². The first-order valence-electron chi connectivity index (χ1n) is 8.88. The standard InChI is InChI=1S/C21H15BrN4O4/c22-13-4-3-5-14(9-13)26-20(29)16(19(28)24-21(26)30)8-12-10-25(11-18(23)27)17-7-2-1-6-15(12)17/h1-10H,11H2,(H2,23,27)(H,24,28,30). The maximum absolute atomic E-state index is 13.1. The second-order valence-electron chi connectivity index (χ2n) is 6.63. The lowest BCUT2D eigenvalue weighted by Crippen LogP contribution is -2.54. The van der Waals surface area contributed by atoms with Crippen LogP contribution in [0.15, 0.2) is 64.8 Å². The first-order valence-corrected chi connectivity index (χ1v) is 9.67. The number of carbonyl (C=O) groups excluding carboxylic acids is 4. The monoisotopic (exact) mass is 466 g/mol. The van der Waals surface area contributed by atoms with Crippen molar-refractivity contribution in [2.75, 3.05) is 4.90 Å². The molecule has 0 radical (unpaired) electrons. The molecule has 30 heavy (non-hydrogen) atoms. The number of anilines is 1. The number of nitrogens with two attached hydrogens (primary N) is 1. The summed E-state index contributed by atoms with van der Waals surface area (Å²) in [6.45, 7) is -0.0491. The van der Waals surface area contributed by atoms with Crippen molar-refractivity contribution in [1.29, 1.82) is 0 Å². The molecule has 8 nitrogen and oxygen atoms in total. The molecule has 0 atom stereocenters. The van der Waals surface area contributed by atoms with Gasteiger partial charge in [0, 0.05) is 27.1 Å². The maximum Gasteiger partial charge on any atom is 0.335 e. The Kier molecular flexibility index (Phi) is 4.96. The molecule has 0 bridgehead atoms. The van der Waals surface area contributed by atoms with Gasteiger partial charge in [-0.05, 0) is 30.3 Å². The van der Waals surface area contributed by atoms with Crippen LogP contribution in [0.3, 0.4) is 0 Å². The summed E-state index contributed by atoms with van der Waals surface area (Å²) < 4.78 is 2.32. The second-order valence-corrected chi connectivity index (χ2v) is 7.55. The number of hydrogen-bond acceptors (Lipinski definition) is 4. The van der Waals surface area contributed by atoms with Crippen LogP contribution in [-0.2, 0) is 20.9 Å². The molecular formula is C21H15BrN4O4. The molecule has 1 aliphatic rings. The van der Waals surface area contributed by atoms with E-state index in [1.54, 1.807) is 47.2 Å². The number of imide groups is 2. The van der Waals surface area contributed by atoms with Crippen molar-refractivity contribution in [3.8, 4) is 0 Å². The average molecular weight is 467 g/mol. The van der Waals surface area contributed by atoms with Gasteiger partial charge in [-0.1, -0.05) is 40.2 Å². The number of nitrogens with one attached hydrogen (secondary N) is 1. The van der Waals surface area contributed by atoms with E-state index in [4.69, 9.17) is 5.73 Å². The smallest absolute Gasteiger partial charge is 0.335 e. The Hall–Kier alpha value is -3.72.